The van der Waals surface area contributed by atoms with Crippen LogP contribution in [-0.2, 0) is 0 Å². The Morgan fingerprint density at radius 1 is 1.16 bits per heavy atom. The predicted octanol–water partition coefficient (Wildman–Crippen LogP) is 0.583. The normalized spacial score (nSPS) is 22.1. The average molecular weight is 320 g/mol. The number of rotatable bonds is 3. The van der Waals surface area contributed by atoms with Crippen LogP contribution in [0.5, 0.6) is 0 Å². The molecule has 0 N–H and O–H groups in total. The Balaban J connectivity index is 1.51. The minimum absolute atomic E-state index is 0.804. The molecule has 19 heavy (non-hydrogen) atoms. The Morgan fingerprint density at radius 2 is 1.89 bits per heavy atom. The molecule has 0 spiro atoms. The summed E-state index contributed by atoms with van der Waals surface area (Å²) in [5.74, 6) is 2.04. The van der Waals surface area contributed by atoms with Crippen LogP contribution in [-0.4, -0.2) is 64.4 Å². The third-order valence-corrected chi connectivity index (χ3v) is 4.77. The molecule has 2 fully saturated rings. The molecule has 0 bridgehead atoms. The van der Waals surface area contributed by atoms with Gasteiger partial charge in [0.25, 0.3) is 0 Å². The molecule has 3 rings (SSSR count). The van der Waals surface area contributed by atoms with Gasteiger partial charge in [0, 0.05) is 0 Å². The van der Waals surface area contributed by atoms with Gasteiger partial charge >= 0.3 is 124 Å². The van der Waals surface area contributed by atoms with Crippen LogP contribution in [0, 0.1) is 5.92 Å². The number of nitrogens with zero attached hydrogens (tertiary/aromatic N) is 4. The molecule has 1 aromatic rings. The summed E-state index contributed by atoms with van der Waals surface area (Å²) in [4.78, 5) is 13.7. The van der Waals surface area contributed by atoms with Crippen molar-refractivity contribution >= 4 is 27.3 Å². The standard InChI is InChI=1S/C14H21AsN4/c15-14-16-6-5-13(17-14)19-9-7-18(8-10-19)11-12-3-1-2-4-12/h5-6,12H,1-4,7-11H2. The van der Waals surface area contributed by atoms with E-state index in [0.717, 1.165) is 29.4 Å². The molecule has 1 aliphatic carbocycles. The van der Waals surface area contributed by atoms with Crippen LogP contribution in [0.15, 0.2) is 12.3 Å². The van der Waals surface area contributed by atoms with Gasteiger partial charge in [-0.1, -0.05) is 0 Å². The van der Waals surface area contributed by atoms with E-state index in [1.807, 2.05) is 12.3 Å². The SMILES string of the molecule is [As]c1nccc(N2CCN(CC3CCCC3)CC2)n1. The number of anilines is 1. The maximum absolute atomic E-state index is 4.49. The number of hydrogen-bond donors (Lipinski definition) is 0. The third kappa shape index (κ3) is 3.49. The van der Waals surface area contributed by atoms with E-state index in [-0.39, 0.29) is 0 Å². The summed E-state index contributed by atoms with van der Waals surface area (Å²) in [6.07, 6.45) is 7.64. The van der Waals surface area contributed by atoms with Crippen molar-refractivity contribution in [1.82, 2.24) is 14.9 Å². The van der Waals surface area contributed by atoms with E-state index in [1.54, 1.807) is 0 Å². The van der Waals surface area contributed by atoms with Gasteiger partial charge in [0.05, 0.1) is 0 Å². The minimum atomic E-state index is 0.804. The average Bonchev–Trinajstić information content (AvgIpc) is 2.92. The molecular weight excluding hydrogens is 299 g/mol. The molecule has 1 aromatic heterocycles. The number of aromatic nitrogens is 2. The van der Waals surface area contributed by atoms with Gasteiger partial charge in [-0.2, -0.15) is 0 Å². The zero-order chi connectivity index (χ0) is 13.1. The van der Waals surface area contributed by atoms with Crippen LogP contribution in [0.4, 0.5) is 5.82 Å². The second kappa shape index (κ2) is 6.23. The van der Waals surface area contributed by atoms with Gasteiger partial charge < -0.3 is 0 Å². The van der Waals surface area contributed by atoms with Gasteiger partial charge in [0.2, 0.25) is 0 Å². The van der Waals surface area contributed by atoms with Crippen molar-refractivity contribution in [3.05, 3.63) is 12.3 Å². The fourth-order valence-electron chi connectivity index (χ4n) is 3.23. The molecule has 0 unspecified atom stereocenters. The van der Waals surface area contributed by atoms with Crippen molar-refractivity contribution < 1.29 is 0 Å². The quantitative estimate of drug-likeness (QED) is 0.763. The number of hydrogen-bond acceptors (Lipinski definition) is 4. The van der Waals surface area contributed by atoms with Crippen molar-refractivity contribution in [3.63, 3.8) is 0 Å². The topological polar surface area (TPSA) is 32.3 Å². The van der Waals surface area contributed by atoms with Crippen LogP contribution < -0.4 is 9.51 Å². The van der Waals surface area contributed by atoms with Crippen molar-refractivity contribution in [3.8, 4) is 0 Å². The molecule has 2 radical (unpaired) electrons. The molecule has 5 heteroatoms. The van der Waals surface area contributed by atoms with E-state index < -0.39 is 0 Å². The predicted molar refractivity (Wildman–Crippen MR) is 78.0 cm³/mol. The van der Waals surface area contributed by atoms with Crippen LogP contribution in [0.1, 0.15) is 25.7 Å². The molecule has 0 aromatic carbocycles. The molecule has 1 aliphatic heterocycles. The Morgan fingerprint density at radius 3 is 2.58 bits per heavy atom. The monoisotopic (exact) mass is 320 g/mol. The molecule has 0 atom stereocenters. The van der Waals surface area contributed by atoms with Crippen LogP contribution >= 0.6 is 0 Å². The Hall–Kier alpha value is -0.602. The van der Waals surface area contributed by atoms with Gasteiger partial charge in [0.15, 0.2) is 0 Å². The molecule has 1 saturated carbocycles. The summed E-state index contributed by atoms with van der Waals surface area (Å²) in [5, 5.41) is 0. The zero-order valence-electron chi connectivity index (χ0n) is 11.3. The van der Waals surface area contributed by atoms with Crippen LogP contribution in [0.25, 0.3) is 0 Å². The molecule has 2 heterocycles. The molecule has 0 amide bonds. The summed E-state index contributed by atoms with van der Waals surface area (Å²) < 4.78 is 0.804. The first-order chi connectivity index (χ1) is 9.31. The first kappa shape index (κ1) is 13.4. The fraction of sp³-hybridized carbons (Fsp3) is 0.714. The van der Waals surface area contributed by atoms with Gasteiger partial charge in [-0.25, -0.2) is 0 Å². The summed E-state index contributed by atoms with van der Waals surface area (Å²) in [5.41, 5.74) is 0. The maximum atomic E-state index is 4.49. The molecule has 4 nitrogen and oxygen atoms in total. The first-order valence-electron chi connectivity index (χ1n) is 7.30. The Kier molecular flexibility index (Phi) is 4.39. The van der Waals surface area contributed by atoms with E-state index in [4.69, 9.17) is 0 Å². The van der Waals surface area contributed by atoms with Gasteiger partial charge in [-0.05, 0) is 0 Å². The second-order valence-corrected chi connectivity index (χ2v) is 6.49. The van der Waals surface area contributed by atoms with E-state index in [1.165, 1.54) is 45.3 Å². The van der Waals surface area contributed by atoms with Crippen molar-refractivity contribution in [2.45, 2.75) is 25.7 Å². The Bertz CT molecular complexity index is 412. The summed E-state index contributed by atoms with van der Waals surface area (Å²) in [6, 6.07) is 2.02. The second-order valence-electron chi connectivity index (χ2n) is 5.65. The van der Waals surface area contributed by atoms with Crippen molar-refractivity contribution in [2.75, 3.05) is 37.6 Å². The molecule has 2 aliphatic rings. The van der Waals surface area contributed by atoms with E-state index in [9.17, 15) is 0 Å². The Labute approximate surface area is 124 Å². The van der Waals surface area contributed by atoms with Gasteiger partial charge in [-0.15, -0.1) is 0 Å². The van der Waals surface area contributed by atoms with Crippen molar-refractivity contribution in [2.24, 2.45) is 5.92 Å². The van der Waals surface area contributed by atoms with Gasteiger partial charge in [-0.3, -0.25) is 0 Å². The summed E-state index contributed by atoms with van der Waals surface area (Å²) in [6.45, 7) is 5.85. The van der Waals surface area contributed by atoms with Gasteiger partial charge in [0.1, 0.15) is 0 Å². The molecular formula is C14H21AsN4. The zero-order valence-corrected chi connectivity index (χ0v) is 13.2. The third-order valence-electron chi connectivity index (χ3n) is 4.32. The summed E-state index contributed by atoms with van der Waals surface area (Å²) in [7, 11) is 0. The summed E-state index contributed by atoms with van der Waals surface area (Å²) >= 11 is 2.42. The van der Waals surface area contributed by atoms with E-state index in [0.29, 0.717) is 0 Å². The number of piperazine rings is 1. The van der Waals surface area contributed by atoms with Crippen molar-refractivity contribution in [1.29, 1.82) is 0 Å². The first-order valence-corrected chi connectivity index (χ1v) is 8.24. The fourth-order valence-corrected chi connectivity index (χ4v) is 3.59. The van der Waals surface area contributed by atoms with E-state index in [2.05, 4.69) is 36.6 Å². The molecule has 102 valence electrons. The van der Waals surface area contributed by atoms with Crippen LogP contribution in [0.2, 0.25) is 0 Å². The van der Waals surface area contributed by atoms with E-state index >= 15 is 0 Å². The molecule has 1 saturated heterocycles. The van der Waals surface area contributed by atoms with Crippen LogP contribution in [0.3, 0.4) is 0 Å².